The van der Waals surface area contributed by atoms with Crippen molar-refractivity contribution < 1.29 is 19.4 Å². The lowest BCUT2D eigenvalue weighted by atomic mass is 9.92. The molecule has 0 aromatic heterocycles. The molecule has 1 saturated carbocycles. The third-order valence-electron chi connectivity index (χ3n) is 9.92. The van der Waals surface area contributed by atoms with Crippen molar-refractivity contribution in [2.75, 3.05) is 13.1 Å². The number of carbonyl (C=O) groups is 1. The molecular weight excluding hydrogens is 594 g/mol. The van der Waals surface area contributed by atoms with Gasteiger partial charge in [0.2, 0.25) is 0 Å². The van der Waals surface area contributed by atoms with Crippen molar-refractivity contribution in [1.29, 1.82) is 0 Å². The third kappa shape index (κ3) is 9.10. The van der Waals surface area contributed by atoms with Crippen LogP contribution in [0.1, 0.15) is 74.2 Å². The van der Waals surface area contributed by atoms with Crippen LogP contribution in [0.2, 0.25) is 0 Å². The van der Waals surface area contributed by atoms with Crippen LogP contribution >= 0.6 is 0 Å². The van der Waals surface area contributed by atoms with E-state index in [-0.39, 0.29) is 30.1 Å². The number of nitrogens with zero attached hydrogens (tertiary/aromatic N) is 1. The number of rotatable bonds is 14. The molecule has 0 radical (unpaired) electrons. The Labute approximate surface area is 286 Å². The molecule has 4 aromatic carbocycles. The van der Waals surface area contributed by atoms with Crippen LogP contribution in [0.25, 0.3) is 11.1 Å². The minimum absolute atomic E-state index is 0.0111. The number of allylic oxidation sites excluding steroid dienone is 2. The second-order valence-corrected chi connectivity index (χ2v) is 13.2. The van der Waals surface area contributed by atoms with Crippen molar-refractivity contribution in [2.45, 2.75) is 82.3 Å². The molecule has 1 heterocycles. The molecule has 250 valence electrons. The fourth-order valence-corrected chi connectivity index (χ4v) is 7.46. The van der Waals surface area contributed by atoms with Gasteiger partial charge in [-0.2, -0.15) is 0 Å². The molecule has 4 aromatic rings. The van der Waals surface area contributed by atoms with Crippen molar-refractivity contribution in [1.82, 2.24) is 4.90 Å². The highest BCUT2D eigenvalue weighted by Crippen LogP contribution is 2.38. The molecule has 0 unspecified atom stereocenters. The van der Waals surface area contributed by atoms with Crippen molar-refractivity contribution in [3.05, 3.63) is 144 Å². The van der Waals surface area contributed by atoms with E-state index in [1.54, 1.807) is 0 Å². The summed E-state index contributed by atoms with van der Waals surface area (Å²) in [5.41, 5.74) is 5.50. The minimum atomic E-state index is -0.414. The monoisotopic (exact) mass is 643 g/mol. The molecule has 0 spiro atoms. The highest BCUT2D eigenvalue weighted by Gasteiger charge is 2.45. The largest absolute Gasteiger partial charge is 0.453 e. The van der Waals surface area contributed by atoms with Gasteiger partial charge in [0.15, 0.2) is 6.10 Å². The van der Waals surface area contributed by atoms with Crippen LogP contribution in [0.4, 0.5) is 0 Å². The van der Waals surface area contributed by atoms with E-state index < -0.39 is 6.10 Å². The standard InChI is InChI=1S/C43H49NO4/c45-39-31-40(47-32-33-25-27-35(28-26-33)34-17-7-3-8-18-34)38(42(39)44-29-15-6-16-30-44)23-13-1-2-14-24-41(46)48-43(36-19-9-4-10-20-36)37-21-11-5-12-22-37/h1-5,7-12,17-22,25-28,38-40,42-43,45H,6,13-16,23-24,29-32H2/b2-1-/t38-,39+,40-,42+/m0/s1. The van der Waals surface area contributed by atoms with E-state index in [4.69, 9.17) is 9.47 Å². The second-order valence-electron chi connectivity index (χ2n) is 13.2. The molecule has 2 fully saturated rings. The predicted octanol–water partition coefficient (Wildman–Crippen LogP) is 8.92. The van der Waals surface area contributed by atoms with Gasteiger partial charge < -0.3 is 14.6 Å². The number of carbonyl (C=O) groups excluding carboxylic acids is 1. The third-order valence-corrected chi connectivity index (χ3v) is 9.92. The molecule has 1 saturated heterocycles. The first-order valence-corrected chi connectivity index (χ1v) is 17.8. The van der Waals surface area contributed by atoms with Crippen molar-refractivity contribution in [2.24, 2.45) is 5.92 Å². The molecule has 5 heteroatoms. The van der Waals surface area contributed by atoms with E-state index in [2.05, 4.69) is 65.6 Å². The Morgan fingerprint density at radius 2 is 1.33 bits per heavy atom. The molecular formula is C43H49NO4. The van der Waals surface area contributed by atoms with E-state index >= 15 is 0 Å². The van der Waals surface area contributed by atoms with Crippen LogP contribution in [0.15, 0.2) is 127 Å². The average molecular weight is 644 g/mol. The lowest BCUT2D eigenvalue weighted by Crippen LogP contribution is -2.47. The van der Waals surface area contributed by atoms with E-state index in [1.807, 2.05) is 66.7 Å². The molecule has 48 heavy (non-hydrogen) atoms. The van der Waals surface area contributed by atoms with Gasteiger partial charge in [0, 0.05) is 24.8 Å². The molecule has 6 rings (SSSR count). The minimum Gasteiger partial charge on any atom is -0.453 e. The lowest BCUT2D eigenvalue weighted by Gasteiger charge is -2.38. The first kappa shape index (κ1) is 33.9. The number of ether oxygens (including phenoxy) is 2. The number of esters is 1. The number of benzene rings is 4. The summed E-state index contributed by atoms with van der Waals surface area (Å²) in [7, 11) is 0. The molecule has 5 nitrogen and oxygen atoms in total. The molecule has 0 amide bonds. The number of hydrogen-bond acceptors (Lipinski definition) is 5. The van der Waals surface area contributed by atoms with E-state index in [0.717, 1.165) is 42.6 Å². The lowest BCUT2D eigenvalue weighted by molar-refractivity contribution is -0.147. The summed E-state index contributed by atoms with van der Waals surface area (Å²) in [6, 6.07) is 39.0. The maximum absolute atomic E-state index is 12.9. The predicted molar refractivity (Wildman–Crippen MR) is 192 cm³/mol. The first-order valence-electron chi connectivity index (χ1n) is 17.8. The molecule has 1 N–H and O–H groups in total. The highest BCUT2D eigenvalue weighted by atomic mass is 16.5. The van der Waals surface area contributed by atoms with Gasteiger partial charge in [0.05, 0.1) is 18.8 Å². The zero-order valence-electron chi connectivity index (χ0n) is 27.9. The fourth-order valence-electron chi connectivity index (χ4n) is 7.46. The fraction of sp³-hybridized carbons (Fsp3) is 0.372. The molecule has 1 aliphatic heterocycles. The van der Waals surface area contributed by atoms with Crippen LogP contribution in [0.5, 0.6) is 0 Å². The van der Waals surface area contributed by atoms with Crippen molar-refractivity contribution >= 4 is 5.97 Å². The van der Waals surface area contributed by atoms with Crippen molar-refractivity contribution in [3.63, 3.8) is 0 Å². The number of piperidine rings is 1. The van der Waals surface area contributed by atoms with E-state index in [0.29, 0.717) is 25.9 Å². The van der Waals surface area contributed by atoms with Crippen LogP contribution in [-0.4, -0.2) is 47.3 Å². The summed E-state index contributed by atoms with van der Waals surface area (Å²) >= 11 is 0. The zero-order chi connectivity index (χ0) is 33.0. The van der Waals surface area contributed by atoms with Gasteiger partial charge in [-0.1, -0.05) is 134 Å². The maximum atomic E-state index is 12.9. The van der Waals surface area contributed by atoms with Gasteiger partial charge in [0.1, 0.15) is 0 Å². The van der Waals surface area contributed by atoms with Crippen LogP contribution in [0, 0.1) is 5.92 Å². The van der Waals surface area contributed by atoms with Gasteiger partial charge in [-0.3, -0.25) is 9.69 Å². The zero-order valence-corrected chi connectivity index (χ0v) is 27.9. The number of aliphatic hydroxyl groups excluding tert-OH is 1. The van der Waals surface area contributed by atoms with Crippen LogP contribution in [-0.2, 0) is 20.9 Å². The summed E-state index contributed by atoms with van der Waals surface area (Å²) in [6.45, 7) is 2.65. The summed E-state index contributed by atoms with van der Waals surface area (Å²) in [5, 5.41) is 11.3. The normalized spacial score (nSPS) is 21.5. The second kappa shape index (κ2) is 17.4. The summed E-state index contributed by atoms with van der Waals surface area (Å²) < 4.78 is 12.6. The average Bonchev–Trinajstić information content (AvgIpc) is 3.47. The molecule has 1 aliphatic carbocycles. The van der Waals surface area contributed by atoms with Gasteiger partial charge in [-0.15, -0.1) is 0 Å². The summed E-state index contributed by atoms with van der Waals surface area (Å²) in [6.07, 6.45) is 10.7. The SMILES string of the molecule is O=C(CC/C=C\CC[C@@H]1[C@@H](N2CCCCC2)[C@H](O)C[C@@H]1OCc1ccc(-c2ccccc2)cc1)OC(c1ccccc1)c1ccccc1. The van der Waals surface area contributed by atoms with Gasteiger partial charge in [0.25, 0.3) is 0 Å². The molecule has 4 atom stereocenters. The Morgan fingerprint density at radius 3 is 1.98 bits per heavy atom. The Balaban J connectivity index is 1.02. The smallest absolute Gasteiger partial charge is 0.307 e. The number of hydrogen-bond donors (Lipinski definition) is 1. The topological polar surface area (TPSA) is 59.0 Å². The maximum Gasteiger partial charge on any atom is 0.307 e. The van der Waals surface area contributed by atoms with Gasteiger partial charge in [-0.25, -0.2) is 0 Å². The molecule has 0 bridgehead atoms. The quantitative estimate of drug-likeness (QED) is 0.110. The van der Waals surface area contributed by atoms with Gasteiger partial charge >= 0.3 is 5.97 Å². The Hall–Kier alpha value is -4.03. The first-order chi connectivity index (χ1) is 23.7. The van der Waals surface area contributed by atoms with Gasteiger partial charge in [-0.05, 0) is 73.0 Å². The van der Waals surface area contributed by atoms with Crippen LogP contribution in [0.3, 0.4) is 0 Å². The Morgan fingerprint density at radius 1 is 0.750 bits per heavy atom. The Bertz CT molecular complexity index is 1510. The number of aliphatic hydroxyl groups is 1. The van der Waals surface area contributed by atoms with E-state index in [1.165, 1.54) is 30.4 Å². The Kier molecular flexibility index (Phi) is 12.3. The molecule has 2 aliphatic rings. The van der Waals surface area contributed by atoms with E-state index in [9.17, 15) is 9.90 Å². The number of likely N-dealkylation sites (tertiary alicyclic amines) is 1. The van der Waals surface area contributed by atoms with Crippen LogP contribution < -0.4 is 0 Å². The summed E-state index contributed by atoms with van der Waals surface area (Å²) in [4.78, 5) is 15.4. The highest BCUT2D eigenvalue weighted by molar-refractivity contribution is 5.70. The summed E-state index contributed by atoms with van der Waals surface area (Å²) in [5.74, 6) is 0.0560. The van der Waals surface area contributed by atoms with Crippen molar-refractivity contribution in [3.8, 4) is 11.1 Å².